The van der Waals surface area contributed by atoms with Crippen molar-refractivity contribution < 1.29 is 9.90 Å². The van der Waals surface area contributed by atoms with Gasteiger partial charge in [-0.05, 0) is 43.0 Å². The molecule has 6 heteroatoms. The molecule has 2 aliphatic heterocycles. The van der Waals surface area contributed by atoms with Crippen LogP contribution in [0, 0.1) is 5.92 Å². The molecule has 2 N–H and O–H groups in total. The molecule has 0 bridgehead atoms. The van der Waals surface area contributed by atoms with Crippen LogP contribution in [0.5, 0.6) is 0 Å². The quantitative estimate of drug-likeness (QED) is 0.823. The number of carbonyl (C=O) groups is 1. The normalized spacial score (nSPS) is 28.4. The Bertz CT molecular complexity index is 594. The average molecular weight is 343 g/mol. The zero-order chi connectivity index (χ0) is 15.9. The number of β-amino-alcohol motifs (C(OH)–C–C–N with tert-alkyl or cyclic N) is 1. The van der Waals surface area contributed by atoms with E-state index < -0.39 is 6.10 Å². The molecule has 1 aromatic carbocycles. The van der Waals surface area contributed by atoms with Crippen LogP contribution in [0.2, 0.25) is 10.0 Å². The highest BCUT2D eigenvalue weighted by atomic mass is 35.5. The molecule has 3 rings (SSSR count). The van der Waals surface area contributed by atoms with Gasteiger partial charge in [-0.25, -0.2) is 0 Å². The molecule has 2 aliphatic rings. The molecule has 22 heavy (non-hydrogen) atoms. The standard InChI is InChI=1S/C16H20Cl2N2O2/c1-9-15-10(4-12(17)6-14(15)18)2-3-20(9)16(22)11-5-13(21)8-19-7-11/h4,6,9,11,13,19,21H,2-3,5,7-8H2,1H3/t9-,11?,13?/m0/s1. The minimum atomic E-state index is -0.447. The molecule has 1 amide bonds. The second-order valence-electron chi connectivity index (χ2n) is 6.16. The van der Waals surface area contributed by atoms with Crippen LogP contribution in [-0.4, -0.2) is 41.7 Å². The number of benzene rings is 1. The minimum absolute atomic E-state index is 0.0694. The van der Waals surface area contributed by atoms with E-state index in [9.17, 15) is 9.90 Å². The molecule has 4 nitrogen and oxygen atoms in total. The van der Waals surface area contributed by atoms with Gasteiger partial charge in [0.25, 0.3) is 0 Å². The van der Waals surface area contributed by atoms with Crippen molar-refractivity contribution in [2.45, 2.75) is 31.9 Å². The highest BCUT2D eigenvalue weighted by Gasteiger charge is 2.35. The summed E-state index contributed by atoms with van der Waals surface area (Å²) >= 11 is 12.4. The van der Waals surface area contributed by atoms with Gasteiger partial charge in [-0.3, -0.25) is 4.79 Å². The van der Waals surface area contributed by atoms with Crippen molar-refractivity contribution in [1.29, 1.82) is 0 Å². The van der Waals surface area contributed by atoms with Gasteiger partial charge < -0.3 is 15.3 Å². The number of aliphatic hydroxyl groups is 1. The van der Waals surface area contributed by atoms with Crippen LogP contribution in [0.1, 0.15) is 30.5 Å². The molecule has 1 fully saturated rings. The molecular weight excluding hydrogens is 323 g/mol. The summed E-state index contributed by atoms with van der Waals surface area (Å²) in [6, 6.07) is 3.60. The number of nitrogens with one attached hydrogen (secondary N) is 1. The smallest absolute Gasteiger partial charge is 0.227 e. The van der Waals surface area contributed by atoms with E-state index in [1.54, 1.807) is 6.07 Å². The Kier molecular flexibility index (Phi) is 4.64. The Balaban J connectivity index is 1.83. The largest absolute Gasteiger partial charge is 0.392 e. The Morgan fingerprint density at radius 3 is 2.86 bits per heavy atom. The second kappa shape index (κ2) is 6.36. The summed E-state index contributed by atoms with van der Waals surface area (Å²) in [5, 5.41) is 14.1. The van der Waals surface area contributed by atoms with Gasteiger partial charge >= 0.3 is 0 Å². The maximum absolute atomic E-state index is 12.8. The van der Waals surface area contributed by atoms with Crippen molar-refractivity contribution in [2.75, 3.05) is 19.6 Å². The number of hydrogen-bond donors (Lipinski definition) is 2. The van der Waals surface area contributed by atoms with Crippen LogP contribution in [0.25, 0.3) is 0 Å². The first kappa shape index (κ1) is 16.1. The van der Waals surface area contributed by atoms with E-state index in [2.05, 4.69) is 5.32 Å². The van der Waals surface area contributed by atoms with Crippen molar-refractivity contribution in [3.63, 3.8) is 0 Å². The molecule has 0 aliphatic carbocycles. The van der Waals surface area contributed by atoms with E-state index in [0.717, 1.165) is 17.5 Å². The summed E-state index contributed by atoms with van der Waals surface area (Å²) in [7, 11) is 0. The van der Waals surface area contributed by atoms with Crippen molar-refractivity contribution in [3.8, 4) is 0 Å². The summed E-state index contributed by atoms with van der Waals surface area (Å²) in [4.78, 5) is 14.7. The fraction of sp³-hybridized carbons (Fsp3) is 0.562. The Hall–Kier alpha value is -0.810. The van der Waals surface area contributed by atoms with Crippen molar-refractivity contribution in [1.82, 2.24) is 10.2 Å². The highest BCUT2D eigenvalue weighted by molar-refractivity contribution is 6.35. The number of fused-ring (bicyclic) bond motifs is 1. The van der Waals surface area contributed by atoms with Crippen molar-refractivity contribution in [3.05, 3.63) is 33.3 Å². The van der Waals surface area contributed by atoms with E-state index >= 15 is 0 Å². The molecule has 3 atom stereocenters. The van der Waals surface area contributed by atoms with E-state index in [4.69, 9.17) is 23.2 Å². The average Bonchev–Trinajstić information content (AvgIpc) is 2.46. The monoisotopic (exact) mass is 342 g/mol. The first-order chi connectivity index (χ1) is 10.5. The summed E-state index contributed by atoms with van der Waals surface area (Å²) in [6.45, 7) is 3.85. The summed E-state index contributed by atoms with van der Waals surface area (Å²) in [5.41, 5.74) is 2.12. The van der Waals surface area contributed by atoms with Gasteiger partial charge in [0, 0.05) is 29.7 Å². The number of nitrogens with zero attached hydrogens (tertiary/aromatic N) is 1. The molecule has 0 radical (unpaired) electrons. The maximum atomic E-state index is 12.8. The Morgan fingerprint density at radius 1 is 1.36 bits per heavy atom. The van der Waals surface area contributed by atoms with Gasteiger partial charge in [0.05, 0.1) is 18.1 Å². The molecule has 1 aromatic rings. The van der Waals surface area contributed by atoms with Gasteiger partial charge in [0.15, 0.2) is 0 Å². The van der Waals surface area contributed by atoms with Gasteiger partial charge in [-0.2, -0.15) is 0 Å². The third kappa shape index (κ3) is 2.98. The second-order valence-corrected chi connectivity index (χ2v) is 7.01. The third-order valence-corrected chi connectivity index (χ3v) is 5.18. The number of aliphatic hydroxyl groups excluding tert-OH is 1. The Labute approximate surface area is 140 Å². The summed E-state index contributed by atoms with van der Waals surface area (Å²) in [6.07, 6.45) is 0.836. The van der Waals surface area contributed by atoms with E-state index in [0.29, 0.717) is 36.1 Å². The van der Waals surface area contributed by atoms with Crippen molar-refractivity contribution in [2.24, 2.45) is 5.92 Å². The summed E-state index contributed by atoms with van der Waals surface area (Å²) < 4.78 is 0. The zero-order valence-corrected chi connectivity index (χ0v) is 14.0. The number of piperidine rings is 1. The Morgan fingerprint density at radius 2 is 2.14 bits per heavy atom. The fourth-order valence-electron chi connectivity index (χ4n) is 3.55. The van der Waals surface area contributed by atoms with Crippen LogP contribution in [-0.2, 0) is 11.2 Å². The number of hydrogen-bond acceptors (Lipinski definition) is 3. The lowest BCUT2D eigenvalue weighted by Crippen LogP contribution is -2.49. The van der Waals surface area contributed by atoms with Gasteiger partial charge in [0.1, 0.15) is 0 Å². The molecule has 2 heterocycles. The maximum Gasteiger partial charge on any atom is 0.227 e. The first-order valence-electron chi connectivity index (χ1n) is 7.64. The molecular formula is C16H20Cl2N2O2. The molecule has 0 aromatic heterocycles. The number of rotatable bonds is 1. The number of halogens is 2. The van der Waals surface area contributed by atoms with Gasteiger partial charge in [-0.15, -0.1) is 0 Å². The molecule has 2 unspecified atom stereocenters. The van der Waals surface area contributed by atoms with Crippen molar-refractivity contribution >= 4 is 29.1 Å². The number of amides is 1. The predicted molar refractivity (Wildman–Crippen MR) is 87.3 cm³/mol. The molecule has 1 saturated heterocycles. The lowest BCUT2D eigenvalue weighted by molar-refractivity contribution is -0.139. The molecule has 0 spiro atoms. The minimum Gasteiger partial charge on any atom is -0.392 e. The SMILES string of the molecule is C[C@H]1c2c(Cl)cc(Cl)cc2CCN1C(=O)C1CNCC(O)C1. The fourth-order valence-corrected chi connectivity index (χ4v) is 4.24. The van der Waals surface area contributed by atoms with Gasteiger partial charge in [0.2, 0.25) is 5.91 Å². The van der Waals surface area contributed by atoms with Crippen LogP contribution >= 0.6 is 23.2 Å². The number of carbonyl (C=O) groups excluding carboxylic acids is 1. The lowest BCUT2D eigenvalue weighted by atomic mass is 9.90. The van der Waals surface area contributed by atoms with Crippen LogP contribution in [0.4, 0.5) is 0 Å². The first-order valence-corrected chi connectivity index (χ1v) is 8.40. The van der Waals surface area contributed by atoms with E-state index in [-0.39, 0.29) is 17.9 Å². The third-order valence-electron chi connectivity index (χ3n) is 4.65. The van der Waals surface area contributed by atoms with Gasteiger partial charge in [-0.1, -0.05) is 23.2 Å². The van der Waals surface area contributed by atoms with E-state index in [1.807, 2.05) is 17.9 Å². The molecule has 0 saturated carbocycles. The van der Waals surface area contributed by atoms with E-state index in [1.165, 1.54) is 0 Å². The van der Waals surface area contributed by atoms with Crippen LogP contribution in [0.3, 0.4) is 0 Å². The lowest BCUT2D eigenvalue weighted by Gasteiger charge is -2.39. The summed E-state index contributed by atoms with van der Waals surface area (Å²) in [5.74, 6) is -0.0748. The highest BCUT2D eigenvalue weighted by Crippen LogP contribution is 2.37. The van der Waals surface area contributed by atoms with Crippen LogP contribution in [0.15, 0.2) is 12.1 Å². The predicted octanol–water partition coefficient (Wildman–Crippen LogP) is 2.41. The van der Waals surface area contributed by atoms with Crippen LogP contribution < -0.4 is 5.32 Å². The topological polar surface area (TPSA) is 52.6 Å². The zero-order valence-electron chi connectivity index (χ0n) is 12.5. The molecule has 120 valence electrons.